The number of nitrogens with one attached hydrogen (secondary N) is 3. The number of fused-ring (bicyclic) bond motifs is 1. The van der Waals surface area contributed by atoms with Gasteiger partial charge in [0.05, 0.1) is 18.5 Å². The zero-order valence-electron chi connectivity index (χ0n) is 21.9. The van der Waals surface area contributed by atoms with Gasteiger partial charge in [0, 0.05) is 19.5 Å². The van der Waals surface area contributed by atoms with Crippen molar-refractivity contribution < 1.29 is 9.59 Å². The molecule has 0 saturated carbocycles. The second kappa shape index (κ2) is 12.7. The lowest BCUT2D eigenvalue weighted by molar-refractivity contribution is -0.116. The zero-order chi connectivity index (χ0) is 27.0. The molecule has 2 amide bonds. The minimum atomic E-state index is -0.0971. The van der Waals surface area contributed by atoms with Crippen LogP contribution < -0.4 is 16.0 Å². The molecule has 39 heavy (non-hydrogen) atoms. The van der Waals surface area contributed by atoms with Crippen LogP contribution in [0.15, 0.2) is 54.6 Å². The van der Waals surface area contributed by atoms with Crippen LogP contribution in [0.25, 0.3) is 0 Å². The summed E-state index contributed by atoms with van der Waals surface area (Å²) in [7, 11) is 0. The van der Waals surface area contributed by atoms with E-state index in [1.807, 2.05) is 49.4 Å². The molecule has 10 heteroatoms. The van der Waals surface area contributed by atoms with Crippen LogP contribution in [0, 0.1) is 6.92 Å². The third-order valence-corrected chi connectivity index (χ3v) is 7.46. The molecule has 3 heterocycles. The average molecular weight is 542 g/mol. The van der Waals surface area contributed by atoms with E-state index >= 15 is 0 Å². The van der Waals surface area contributed by atoms with Gasteiger partial charge in [-0.1, -0.05) is 59.4 Å². The fraction of sp³-hybridized carbons (Fsp3) is 0.310. The van der Waals surface area contributed by atoms with E-state index in [1.54, 1.807) is 6.07 Å². The molecule has 0 spiro atoms. The van der Waals surface area contributed by atoms with Gasteiger partial charge in [0.15, 0.2) is 5.82 Å². The molecule has 5 rings (SSSR count). The summed E-state index contributed by atoms with van der Waals surface area (Å²) in [5, 5.41) is 27.2. The lowest BCUT2D eigenvalue weighted by atomic mass is 10.0. The molecule has 200 valence electrons. The van der Waals surface area contributed by atoms with E-state index < -0.39 is 0 Å². The molecule has 1 aliphatic rings. The van der Waals surface area contributed by atoms with E-state index in [9.17, 15) is 9.59 Å². The number of benzene rings is 2. The van der Waals surface area contributed by atoms with Crippen molar-refractivity contribution in [3.63, 3.8) is 0 Å². The number of carbonyl (C=O) groups is 2. The van der Waals surface area contributed by atoms with E-state index in [0.29, 0.717) is 23.8 Å². The number of hydrogen-bond acceptors (Lipinski definition) is 8. The molecule has 0 bridgehead atoms. The Morgan fingerprint density at radius 1 is 0.872 bits per heavy atom. The molecule has 3 N–H and O–H groups in total. The van der Waals surface area contributed by atoms with Crippen LogP contribution in [0.5, 0.6) is 0 Å². The highest BCUT2D eigenvalue weighted by Crippen LogP contribution is 2.21. The highest BCUT2D eigenvalue weighted by Gasteiger charge is 2.16. The van der Waals surface area contributed by atoms with Crippen LogP contribution in [0.4, 0.5) is 10.9 Å². The van der Waals surface area contributed by atoms with E-state index in [4.69, 9.17) is 0 Å². The number of amides is 2. The molecular weight excluding hydrogens is 510 g/mol. The molecule has 4 aromatic rings. The Hall–Kier alpha value is -4.02. The fourth-order valence-corrected chi connectivity index (χ4v) is 5.44. The van der Waals surface area contributed by atoms with Crippen molar-refractivity contribution in [1.29, 1.82) is 0 Å². The van der Waals surface area contributed by atoms with Crippen LogP contribution in [-0.4, -0.2) is 32.2 Å². The standard InChI is InChI=1S/C29H31N7O2S/c1-19-6-4-7-20(14-19)15-26(37)32-29-36-35-28(39-29)11-3-2-10-23-12-13-25(34-33-23)31-27(38)16-21-8-5-9-22-17-30-18-24(21)22/h4-9,12-14,30H,2-3,10-11,15-18H2,1H3,(H,31,34,38)(H,32,36,37). The van der Waals surface area contributed by atoms with Crippen molar-refractivity contribution in [3.8, 4) is 0 Å². The summed E-state index contributed by atoms with van der Waals surface area (Å²) in [6, 6.07) is 17.7. The highest BCUT2D eigenvalue weighted by atomic mass is 32.1. The van der Waals surface area contributed by atoms with E-state index in [1.165, 1.54) is 22.5 Å². The predicted octanol–water partition coefficient (Wildman–Crippen LogP) is 4.17. The van der Waals surface area contributed by atoms with Crippen LogP contribution in [-0.2, 0) is 48.4 Å². The third kappa shape index (κ3) is 7.52. The maximum atomic E-state index is 12.5. The highest BCUT2D eigenvalue weighted by molar-refractivity contribution is 7.15. The van der Waals surface area contributed by atoms with Crippen LogP contribution in [0.2, 0.25) is 0 Å². The Labute approximate surface area is 231 Å². The zero-order valence-corrected chi connectivity index (χ0v) is 22.7. The summed E-state index contributed by atoms with van der Waals surface area (Å²) in [5.41, 5.74) is 6.52. The number of rotatable bonds is 11. The van der Waals surface area contributed by atoms with Gasteiger partial charge in [0.2, 0.25) is 16.9 Å². The van der Waals surface area contributed by atoms with Crippen molar-refractivity contribution in [2.24, 2.45) is 0 Å². The van der Waals surface area contributed by atoms with E-state index in [0.717, 1.165) is 66.2 Å². The van der Waals surface area contributed by atoms with Crippen LogP contribution in [0.3, 0.4) is 0 Å². The molecule has 0 fully saturated rings. The minimum Gasteiger partial charge on any atom is -0.309 e. The number of aromatic nitrogens is 4. The molecule has 1 aliphatic heterocycles. The van der Waals surface area contributed by atoms with Gasteiger partial charge in [0.1, 0.15) is 5.01 Å². The molecule has 2 aromatic heterocycles. The normalized spacial score (nSPS) is 12.2. The van der Waals surface area contributed by atoms with Crippen molar-refractivity contribution in [3.05, 3.63) is 93.1 Å². The maximum absolute atomic E-state index is 12.5. The first-order valence-corrected chi connectivity index (χ1v) is 13.9. The first-order chi connectivity index (χ1) is 19.0. The second-order valence-corrected chi connectivity index (χ2v) is 10.8. The maximum Gasteiger partial charge on any atom is 0.230 e. The van der Waals surface area contributed by atoms with Gasteiger partial charge < -0.3 is 16.0 Å². The Kier molecular flexibility index (Phi) is 8.65. The summed E-state index contributed by atoms with van der Waals surface area (Å²) < 4.78 is 0. The molecule has 0 unspecified atom stereocenters. The summed E-state index contributed by atoms with van der Waals surface area (Å²) >= 11 is 1.41. The number of unbranched alkanes of at least 4 members (excludes halogenated alkanes) is 1. The monoisotopic (exact) mass is 541 g/mol. The van der Waals surface area contributed by atoms with Crippen molar-refractivity contribution >= 4 is 34.1 Å². The Morgan fingerprint density at radius 3 is 2.56 bits per heavy atom. The van der Waals surface area contributed by atoms with Crippen molar-refractivity contribution in [1.82, 2.24) is 25.7 Å². The van der Waals surface area contributed by atoms with Gasteiger partial charge in [-0.25, -0.2) is 0 Å². The largest absolute Gasteiger partial charge is 0.309 e. The summed E-state index contributed by atoms with van der Waals surface area (Å²) in [5.74, 6) is 0.266. The molecule has 0 saturated heterocycles. The molecular formula is C29H31N7O2S. The minimum absolute atomic E-state index is 0.0950. The van der Waals surface area contributed by atoms with Crippen LogP contribution >= 0.6 is 11.3 Å². The van der Waals surface area contributed by atoms with E-state index in [-0.39, 0.29) is 11.8 Å². The molecule has 0 atom stereocenters. The third-order valence-electron chi connectivity index (χ3n) is 6.56. The Balaban J connectivity index is 1.01. The molecule has 0 radical (unpaired) electrons. The van der Waals surface area contributed by atoms with Gasteiger partial charge >= 0.3 is 0 Å². The van der Waals surface area contributed by atoms with Gasteiger partial charge in [-0.2, -0.15) is 5.10 Å². The van der Waals surface area contributed by atoms with Crippen LogP contribution in [0.1, 0.15) is 51.4 Å². The first kappa shape index (κ1) is 26.6. The first-order valence-electron chi connectivity index (χ1n) is 13.1. The number of aryl methyl sites for hydroxylation is 3. The second-order valence-electron chi connectivity index (χ2n) is 9.72. The lowest BCUT2D eigenvalue weighted by Gasteiger charge is -2.08. The molecule has 0 aliphatic carbocycles. The smallest absolute Gasteiger partial charge is 0.230 e. The van der Waals surface area contributed by atoms with E-state index in [2.05, 4.69) is 42.4 Å². The summed E-state index contributed by atoms with van der Waals surface area (Å²) in [6.07, 6.45) is 4.03. The van der Waals surface area contributed by atoms with Gasteiger partial charge in [0.25, 0.3) is 0 Å². The predicted molar refractivity (Wildman–Crippen MR) is 151 cm³/mol. The quantitative estimate of drug-likeness (QED) is 0.244. The number of carbonyl (C=O) groups excluding carboxylic acids is 2. The SMILES string of the molecule is Cc1cccc(CC(=O)Nc2nnc(CCCCc3ccc(NC(=O)Cc4cccc5c4CNC5)nn3)s2)c1. The molecule has 9 nitrogen and oxygen atoms in total. The van der Waals surface area contributed by atoms with Crippen molar-refractivity contribution in [2.45, 2.75) is 58.5 Å². The van der Waals surface area contributed by atoms with Crippen molar-refractivity contribution in [2.75, 3.05) is 10.6 Å². The van der Waals surface area contributed by atoms with Gasteiger partial charge in [-0.05, 0) is 60.6 Å². The van der Waals surface area contributed by atoms with Gasteiger partial charge in [-0.3, -0.25) is 9.59 Å². The Bertz CT molecular complexity index is 1450. The fourth-order valence-electron chi connectivity index (χ4n) is 4.65. The number of hydrogen-bond donors (Lipinski definition) is 3. The number of anilines is 2. The Morgan fingerprint density at radius 2 is 1.72 bits per heavy atom. The average Bonchev–Trinajstić information content (AvgIpc) is 3.58. The lowest BCUT2D eigenvalue weighted by Crippen LogP contribution is -2.17. The number of nitrogens with zero attached hydrogens (tertiary/aromatic N) is 4. The molecule has 2 aromatic carbocycles. The summed E-state index contributed by atoms with van der Waals surface area (Å²) in [6.45, 7) is 3.67. The summed E-state index contributed by atoms with van der Waals surface area (Å²) in [4.78, 5) is 24.8. The topological polar surface area (TPSA) is 122 Å². The van der Waals surface area contributed by atoms with Gasteiger partial charge in [-0.15, -0.1) is 15.3 Å².